The number of halogens is 1. The van der Waals surface area contributed by atoms with Crippen molar-refractivity contribution >= 4 is 40.9 Å². The standard InChI is InChI=1S/C46H37ClN2O6/c47-31-17-10-18-32(23-31)49-43(52)38-25-37-34(21-22-36-40(37)44(53)48(42(36)51)26-28-11-4-1-5-12-28)41(46(38,45(49)54)30-15-8-3-9-16-30)35-20-19-33(24-39(35)50)55-27-29-13-6-2-7-14-29/h1-21,23-24,36-38,40-41,50H,22,25-27H2/t36-,37+,38-,40-,41+,46+/m0/s1. The highest BCUT2D eigenvalue weighted by Crippen LogP contribution is 2.65. The Morgan fingerprint density at radius 1 is 0.727 bits per heavy atom. The summed E-state index contributed by atoms with van der Waals surface area (Å²) in [5, 5.41) is 12.4. The molecule has 5 aromatic rings. The van der Waals surface area contributed by atoms with E-state index < -0.39 is 46.8 Å². The van der Waals surface area contributed by atoms with Gasteiger partial charge in [-0.25, -0.2) is 4.90 Å². The number of hydrogen-bond acceptors (Lipinski definition) is 6. The van der Waals surface area contributed by atoms with Gasteiger partial charge in [0.25, 0.3) is 0 Å². The number of aromatic hydroxyl groups is 1. The number of ether oxygens (including phenoxy) is 1. The summed E-state index contributed by atoms with van der Waals surface area (Å²) in [6, 6.07) is 40.1. The SMILES string of the molecule is O=C1[C@H]2[C@H](CC=C3[C@H]2C[C@H]2C(=O)N(c4cccc(Cl)c4)C(=O)[C@@]2(c2ccccc2)[C@H]3c2ccc(OCc3ccccc3)cc2O)C(=O)N1Cc1ccccc1. The van der Waals surface area contributed by atoms with Gasteiger partial charge in [0.1, 0.15) is 18.1 Å². The molecule has 274 valence electrons. The molecule has 55 heavy (non-hydrogen) atoms. The summed E-state index contributed by atoms with van der Waals surface area (Å²) in [6.07, 6.45) is 2.45. The lowest BCUT2D eigenvalue weighted by Crippen LogP contribution is -2.53. The monoisotopic (exact) mass is 748 g/mol. The molecule has 1 saturated carbocycles. The molecule has 0 unspecified atom stereocenters. The largest absolute Gasteiger partial charge is 0.508 e. The Morgan fingerprint density at radius 2 is 1.42 bits per heavy atom. The lowest BCUT2D eigenvalue weighted by Gasteiger charge is -2.50. The minimum absolute atomic E-state index is 0.103. The van der Waals surface area contributed by atoms with Crippen LogP contribution in [0.5, 0.6) is 11.5 Å². The Labute approximate surface area is 323 Å². The van der Waals surface area contributed by atoms with Gasteiger partial charge in [0.2, 0.25) is 23.6 Å². The van der Waals surface area contributed by atoms with E-state index in [0.717, 1.165) is 16.7 Å². The van der Waals surface area contributed by atoms with Crippen LogP contribution in [0.15, 0.2) is 145 Å². The van der Waals surface area contributed by atoms with E-state index in [1.54, 1.807) is 42.5 Å². The summed E-state index contributed by atoms with van der Waals surface area (Å²) in [5.74, 6) is -4.72. The molecule has 9 rings (SSSR count). The number of carbonyl (C=O) groups is 4. The molecule has 4 amide bonds. The number of anilines is 1. The maximum Gasteiger partial charge on any atom is 0.246 e. The number of fused-ring (bicyclic) bond motifs is 4. The van der Waals surface area contributed by atoms with Crippen LogP contribution in [0.2, 0.25) is 5.02 Å². The second-order valence-corrected chi connectivity index (χ2v) is 15.3. The first-order valence-electron chi connectivity index (χ1n) is 18.6. The van der Waals surface area contributed by atoms with E-state index in [2.05, 4.69) is 0 Å². The van der Waals surface area contributed by atoms with Gasteiger partial charge in [-0.15, -0.1) is 0 Å². The normalized spacial score (nSPS) is 25.7. The van der Waals surface area contributed by atoms with E-state index >= 15 is 4.79 Å². The van der Waals surface area contributed by atoms with Crippen LogP contribution in [-0.4, -0.2) is 33.6 Å². The van der Waals surface area contributed by atoms with Crippen LogP contribution in [0, 0.1) is 23.7 Å². The second-order valence-electron chi connectivity index (χ2n) is 14.8. The third kappa shape index (κ3) is 5.58. The molecule has 0 bridgehead atoms. The van der Waals surface area contributed by atoms with E-state index in [-0.39, 0.29) is 43.6 Å². The number of phenolic OH excluding ortho intramolecular Hbond substituents is 1. The number of benzene rings is 5. The van der Waals surface area contributed by atoms with Gasteiger partial charge < -0.3 is 9.84 Å². The highest BCUT2D eigenvalue weighted by molar-refractivity contribution is 6.32. The number of phenols is 1. The highest BCUT2D eigenvalue weighted by atomic mass is 35.5. The lowest BCUT2D eigenvalue weighted by molar-refractivity contribution is -0.141. The van der Waals surface area contributed by atoms with Crippen molar-refractivity contribution in [3.8, 4) is 11.5 Å². The van der Waals surface area contributed by atoms with Crippen LogP contribution in [0.4, 0.5) is 5.69 Å². The van der Waals surface area contributed by atoms with Crippen LogP contribution < -0.4 is 9.64 Å². The summed E-state index contributed by atoms with van der Waals surface area (Å²) >= 11 is 6.43. The third-order valence-corrected chi connectivity index (χ3v) is 12.2. The molecule has 9 heteroatoms. The number of rotatable bonds is 8. The Hall–Kier alpha value is -5.99. The van der Waals surface area contributed by atoms with Crippen molar-refractivity contribution in [2.45, 2.75) is 37.3 Å². The molecule has 3 fully saturated rings. The van der Waals surface area contributed by atoms with Crippen LogP contribution >= 0.6 is 11.6 Å². The van der Waals surface area contributed by atoms with Crippen molar-refractivity contribution in [3.05, 3.63) is 172 Å². The van der Waals surface area contributed by atoms with Crippen LogP contribution in [-0.2, 0) is 37.7 Å². The smallest absolute Gasteiger partial charge is 0.246 e. The fourth-order valence-electron chi connectivity index (χ4n) is 9.67. The third-order valence-electron chi connectivity index (χ3n) is 12.0. The van der Waals surface area contributed by atoms with E-state index in [9.17, 15) is 19.5 Å². The molecule has 2 aliphatic heterocycles. The fraction of sp³-hybridized carbons (Fsp3) is 0.217. The molecule has 2 saturated heterocycles. The number of carbonyl (C=O) groups excluding carboxylic acids is 4. The molecule has 2 aliphatic carbocycles. The molecule has 1 N–H and O–H groups in total. The molecular formula is C46H37ClN2O6. The van der Waals surface area contributed by atoms with Gasteiger partial charge in [-0.1, -0.05) is 126 Å². The summed E-state index contributed by atoms with van der Waals surface area (Å²) in [7, 11) is 0. The average molecular weight is 749 g/mol. The van der Waals surface area contributed by atoms with Crippen molar-refractivity contribution in [1.82, 2.24) is 4.90 Å². The number of hydrogen-bond donors (Lipinski definition) is 1. The highest BCUT2D eigenvalue weighted by Gasteiger charge is 2.70. The predicted octanol–water partition coefficient (Wildman–Crippen LogP) is 7.99. The van der Waals surface area contributed by atoms with Gasteiger partial charge in [-0.2, -0.15) is 0 Å². The summed E-state index contributed by atoms with van der Waals surface area (Å²) in [4.78, 5) is 61.6. The predicted molar refractivity (Wildman–Crippen MR) is 207 cm³/mol. The number of allylic oxidation sites excluding steroid dienone is 2. The number of imide groups is 2. The van der Waals surface area contributed by atoms with E-state index in [1.807, 2.05) is 97.1 Å². The van der Waals surface area contributed by atoms with Gasteiger partial charge in [-0.05, 0) is 59.7 Å². The number of amides is 4. The summed E-state index contributed by atoms with van der Waals surface area (Å²) in [6.45, 7) is 0.437. The first-order valence-corrected chi connectivity index (χ1v) is 18.9. The molecule has 0 spiro atoms. The Bertz CT molecular complexity index is 2370. The lowest BCUT2D eigenvalue weighted by atomic mass is 9.49. The molecule has 0 aromatic heterocycles. The maximum atomic E-state index is 15.5. The topological polar surface area (TPSA) is 104 Å². The first-order chi connectivity index (χ1) is 26.8. The molecule has 2 heterocycles. The molecular weight excluding hydrogens is 712 g/mol. The van der Waals surface area contributed by atoms with Crippen molar-refractivity contribution in [1.29, 1.82) is 0 Å². The van der Waals surface area contributed by atoms with E-state index in [0.29, 0.717) is 27.6 Å². The van der Waals surface area contributed by atoms with Gasteiger partial charge >= 0.3 is 0 Å². The van der Waals surface area contributed by atoms with Crippen LogP contribution in [0.1, 0.15) is 41.0 Å². The Morgan fingerprint density at radius 3 is 2.11 bits per heavy atom. The maximum absolute atomic E-state index is 15.5. The van der Waals surface area contributed by atoms with Gasteiger partial charge in [0.15, 0.2) is 0 Å². The zero-order chi connectivity index (χ0) is 37.8. The first kappa shape index (κ1) is 34.8. The molecule has 8 nitrogen and oxygen atoms in total. The minimum Gasteiger partial charge on any atom is -0.508 e. The second kappa shape index (κ2) is 13.7. The molecule has 0 radical (unpaired) electrons. The summed E-state index contributed by atoms with van der Waals surface area (Å²) < 4.78 is 6.08. The summed E-state index contributed by atoms with van der Waals surface area (Å²) in [5.41, 5.74) is 2.47. The molecule has 5 aromatic carbocycles. The molecule has 6 atom stereocenters. The number of nitrogens with zero attached hydrogens (tertiary/aromatic N) is 2. The average Bonchev–Trinajstić information content (AvgIpc) is 3.58. The Balaban J connectivity index is 1.20. The van der Waals surface area contributed by atoms with Gasteiger partial charge in [0.05, 0.1) is 35.4 Å². The minimum atomic E-state index is -1.50. The van der Waals surface area contributed by atoms with Gasteiger partial charge in [-0.3, -0.25) is 24.1 Å². The van der Waals surface area contributed by atoms with Crippen molar-refractivity contribution < 1.29 is 29.0 Å². The Kier molecular flexibility index (Phi) is 8.66. The molecule has 4 aliphatic rings. The van der Waals surface area contributed by atoms with Crippen LogP contribution in [0.3, 0.4) is 0 Å². The fourth-order valence-corrected chi connectivity index (χ4v) is 9.86. The van der Waals surface area contributed by atoms with Crippen LogP contribution in [0.25, 0.3) is 0 Å². The van der Waals surface area contributed by atoms with E-state index in [1.165, 1.54) is 9.80 Å². The van der Waals surface area contributed by atoms with Crippen molar-refractivity contribution in [2.75, 3.05) is 4.90 Å². The zero-order valence-electron chi connectivity index (χ0n) is 29.8. The van der Waals surface area contributed by atoms with Crippen molar-refractivity contribution in [3.63, 3.8) is 0 Å². The van der Waals surface area contributed by atoms with Gasteiger partial charge in [0, 0.05) is 22.6 Å². The quantitative estimate of drug-likeness (QED) is 0.128. The zero-order valence-corrected chi connectivity index (χ0v) is 30.5. The van der Waals surface area contributed by atoms with E-state index in [4.69, 9.17) is 16.3 Å². The number of likely N-dealkylation sites (tertiary alicyclic amines) is 1. The van der Waals surface area contributed by atoms with Crippen molar-refractivity contribution in [2.24, 2.45) is 23.7 Å².